The average Bonchev–Trinajstić information content (AvgIpc) is 3.30. The smallest absolute Gasteiger partial charge is 0.345 e. The van der Waals surface area contributed by atoms with Gasteiger partial charge in [0.15, 0.2) is 39.6 Å². The van der Waals surface area contributed by atoms with E-state index in [-0.39, 0.29) is 22.6 Å². The van der Waals surface area contributed by atoms with Crippen LogP contribution < -0.4 is 0 Å². The first-order valence-electron chi connectivity index (χ1n) is 28.0. The molecule has 0 aromatic heterocycles. The minimum atomic E-state index is -0.813. The Labute approximate surface area is 481 Å². The van der Waals surface area contributed by atoms with Crippen molar-refractivity contribution in [2.45, 2.75) is 154 Å². The molecule has 18 heteroatoms. The molecule has 0 radical (unpaired) electrons. The topological polar surface area (TPSA) is 237 Å². The molecule has 82 heavy (non-hydrogen) atoms. The number of esters is 9. The van der Waals surface area contributed by atoms with Crippen molar-refractivity contribution in [1.82, 2.24) is 0 Å². The van der Waals surface area contributed by atoms with Crippen LogP contribution >= 0.6 is 0 Å². The standard InChI is InChI=1S/C22H28O6.2C21H26O6/c1-17(2)21(25)27-15-19(23)26-16-20(24)28-22(18-11-7-6-8-12-18)13-9-4-3-5-10-14-22;1-15(2)20(24)26-13-18(22)25-14-19(23)27-21(12-8-7-9-16(21)3)17-10-5-4-6-11-17;1-16(2)20(24)26-14-18(22)25-15-19(23)27-21(12-8-3-4-9-13-21)17-10-6-5-7-11-17/h6-8,11-12H,1,3-5,9-10,13-16H2,2H3;4-6,10-11,16H,1,7-9,12-14H2,2-3H3;5-7,10-11H,1,3-4,8-9,12-15H2,2H3. The van der Waals surface area contributed by atoms with Crippen molar-refractivity contribution in [2.75, 3.05) is 39.6 Å². The summed E-state index contributed by atoms with van der Waals surface area (Å²) in [7, 11) is 0. The second-order valence-corrected chi connectivity index (χ2v) is 20.8. The van der Waals surface area contributed by atoms with E-state index in [9.17, 15) is 43.2 Å². The van der Waals surface area contributed by atoms with E-state index in [0.717, 1.165) is 119 Å². The molecule has 0 N–H and O–H groups in total. The van der Waals surface area contributed by atoms with Gasteiger partial charge in [0, 0.05) is 22.6 Å². The highest BCUT2D eigenvalue weighted by molar-refractivity contribution is 5.90. The number of hydrogen-bond acceptors (Lipinski definition) is 18. The van der Waals surface area contributed by atoms with Crippen molar-refractivity contribution in [3.05, 3.63) is 144 Å². The highest BCUT2D eigenvalue weighted by atomic mass is 16.6. The van der Waals surface area contributed by atoms with Crippen LogP contribution in [0.4, 0.5) is 0 Å². The third-order valence-electron chi connectivity index (χ3n) is 14.1. The molecule has 0 bridgehead atoms. The molecule has 3 saturated carbocycles. The summed E-state index contributed by atoms with van der Waals surface area (Å²) in [6.07, 6.45) is 16.2. The predicted octanol–water partition coefficient (Wildman–Crippen LogP) is 10.6. The Morgan fingerprint density at radius 1 is 0.366 bits per heavy atom. The maximum absolute atomic E-state index is 12.4. The number of rotatable bonds is 21. The first-order valence-corrected chi connectivity index (χ1v) is 28.0. The van der Waals surface area contributed by atoms with Gasteiger partial charge in [-0.15, -0.1) is 0 Å². The molecule has 0 spiro atoms. The summed E-state index contributed by atoms with van der Waals surface area (Å²) < 4.78 is 46.3. The zero-order valence-corrected chi connectivity index (χ0v) is 48.0. The fourth-order valence-electron chi connectivity index (χ4n) is 9.85. The fourth-order valence-corrected chi connectivity index (χ4v) is 9.85. The second kappa shape index (κ2) is 34.4. The van der Waals surface area contributed by atoms with Gasteiger partial charge in [0.25, 0.3) is 0 Å². The van der Waals surface area contributed by atoms with Gasteiger partial charge in [-0.05, 0) is 108 Å². The lowest BCUT2D eigenvalue weighted by molar-refractivity contribution is -0.181. The number of benzene rings is 3. The van der Waals surface area contributed by atoms with Gasteiger partial charge in [0.2, 0.25) is 0 Å². The monoisotopic (exact) mass is 1140 g/mol. The molecule has 3 aliphatic rings. The zero-order valence-electron chi connectivity index (χ0n) is 48.0. The maximum Gasteiger partial charge on any atom is 0.345 e. The number of carbonyl (C=O) groups is 9. The van der Waals surface area contributed by atoms with Gasteiger partial charge >= 0.3 is 53.7 Å². The van der Waals surface area contributed by atoms with Gasteiger partial charge in [-0.25, -0.2) is 43.2 Å². The van der Waals surface area contributed by atoms with Crippen molar-refractivity contribution in [2.24, 2.45) is 5.92 Å². The van der Waals surface area contributed by atoms with Crippen LogP contribution in [0.3, 0.4) is 0 Å². The van der Waals surface area contributed by atoms with Crippen molar-refractivity contribution in [3.8, 4) is 0 Å². The van der Waals surface area contributed by atoms with E-state index in [2.05, 4.69) is 36.1 Å². The molecule has 3 aromatic carbocycles. The molecule has 2 unspecified atom stereocenters. The Morgan fingerprint density at radius 2 is 0.646 bits per heavy atom. The van der Waals surface area contributed by atoms with E-state index >= 15 is 0 Å². The van der Waals surface area contributed by atoms with Crippen LogP contribution in [0.15, 0.2) is 127 Å². The van der Waals surface area contributed by atoms with Crippen LogP contribution in [-0.2, 0) is 103 Å². The molecule has 0 heterocycles. The maximum atomic E-state index is 12.4. The quantitative estimate of drug-likeness (QED) is 0.0417. The lowest BCUT2D eigenvalue weighted by Gasteiger charge is -2.42. The zero-order chi connectivity index (χ0) is 60.0. The summed E-state index contributed by atoms with van der Waals surface area (Å²) in [5.41, 5.74) is 1.32. The number of carbonyl (C=O) groups excluding carboxylic acids is 9. The summed E-state index contributed by atoms with van der Waals surface area (Å²) >= 11 is 0. The van der Waals surface area contributed by atoms with E-state index in [4.69, 9.17) is 33.2 Å². The van der Waals surface area contributed by atoms with Crippen LogP contribution in [0.1, 0.15) is 154 Å². The number of ether oxygens (including phenoxy) is 9. The molecule has 0 amide bonds. The lowest BCUT2D eigenvalue weighted by Crippen LogP contribution is -2.42. The third-order valence-corrected chi connectivity index (χ3v) is 14.1. The van der Waals surface area contributed by atoms with E-state index in [1.807, 2.05) is 91.0 Å². The molecule has 444 valence electrons. The van der Waals surface area contributed by atoms with Crippen molar-refractivity contribution >= 4 is 53.7 Å². The van der Waals surface area contributed by atoms with Crippen LogP contribution in [-0.4, -0.2) is 93.4 Å². The Morgan fingerprint density at radius 3 is 0.963 bits per heavy atom. The highest BCUT2D eigenvalue weighted by Gasteiger charge is 2.44. The minimum absolute atomic E-state index is 0.157. The van der Waals surface area contributed by atoms with Crippen LogP contribution in [0.25, 0.3) is 0 Å². The van der Waals surface area contributed by atoms with E-state index < -0.39 is 110 Å². The Hall–Kier alpha value is -7.89. The van der Waals surface area contributed by atoms with Crippen molar-refractivity contribution < 1.29 is 85.8 Å². The van der Waals surface area contributed by atoms with E-state index in [0.29, 0.717) is 0 Å². The van der Waals surface area contributed by atoms with Crippen LogP contribution in [0, 0.1) is 5.92 Å². The molecule has 18 nitrogen and oxygen atoms in total. The van der Waals surface area contributed by atoms with E-state index in [1.54, 1.807) is 0 Å². The van der Waals surface area contributed by atoms with Gasteiger partial charge in [-0.1, -0.05) is 156 Å². The molecule has 6 rings (SSSR count). The molecular formula is C64H80O18. The SMILES string of the molecule is C=C(C)C(=O)OCC(=O)OCC(=O)OC1(c2ccccc2)CCCCC1C.C=C(C)C(=O)OCC(=O)OCC(=O)OC1(c2ccccc2)CCCCCC1.C=C(C)C(=O)OCC(=O)OCC(=O)OC1(c2ccccc2)CCCCCCC1. The summed E-state index contributed by atoms with van der Waals surface area (Å²) in [4.78, 5) is 106. The van der Waals surface area contributed by atoms with Gasteiger partial charge < -0.3 is 42.6 Å². The van der Waals surface area contributed by atoms with E-state index in [1.165, 1.54) is 27.2 Å². The Balaban J connectivity index is 0.000000264. The first-order chi connectivity index (χ1) is 39.2. The van der Waals surface area contributed by atoms with Crippen molar-refractivity contribution in [1.29, 1.82) is 0 Å². The summed E-state index contributed by atoms with van der Waals surface area (Å²) in [5, 5.41) is 0. The molecule has 3 aliphatic carbocycles. The summed E-state index contributed by atoms with van der Waals surface area (Å²) in [6, 6.07) is 29.1. The average molecular weight is 1140 g/mol. The molecule has 3 fully saturated rings. The van der Waals surface area contributed by atoms with Crippen LogP contribution in [0.2, 0.25) is 0 Å². The Bertz CT molecular complexity index is 2630. The predicted molar refractivity (Wildman–Crippen MR) is 300 cm³/mol. The molecular weight excluding hydrogens is 1060 g/mol. The Kier molecular flexibility index (Phi) is 28.0. The lowest BCUT2D eigenvalue weighted by atomic mass is 9.72. The normalized spacial score (nSPS) is 17.9. The fraction of sp³-hybridized carbons (Fsp3) is 0.484. The number of hydrogen-bond donors (Lipinski definition) is 0. The van der Waals surface area contributed by atoms with Crippen molar-refractivity contribution in [3.63, 3.8) is 0 Å². The van der Waals surface area contributed by atoms with Gasteiger partial charge in [0.05, 0.1) is 0 Å². The highest BCUT2D eigenvalue weighted by Crippen LogP contribution is 2.45. The summed E-state index contributed by atoms with van der Waals surface area (Å²) in [5.74, 6) is -6.16. The summed E-state index contributed by atoms with van der Waals surface area (Å²) in [6.45, 7) is 13.5. The van der Waals surface area contributed by atoms with Gasteiger partial charge in [-0.2, -0.15) is 0 Å². The molecule has 0 saturated heterocycles. The minimum Gasteiger partial charge on any atom is -0.452 e. The third kappa shape index (κ3) is 22.2. The molecule has 2 atom stereocenters. The molecule has 3 aromatic rings. The van der Waals surface area contributed by atoms with Crippen LogP contribution in [0.5, 0.6) is 0 Å². The van der Waals surface area contributed by atoms with Gasteiger partial charge in [0.1, 0.15) is 16.8 Å². The second-order valence-electron chi connectivity index (χ2n) is 20.8. The molecule has 0 aliphatic heterocycles. The first kappa shape index (κ1) is 66.6. The van der Waals surface area contributed by atoms with Gasteiger partial charge in [-0.3, -0.25) is 0 Å². The largest absolute Gasteiger partial charge is 0.452 e.